The molecule has 1 aromatic heterocycles. The van der Waals surface area contributed by atoms with Crippen molar-refractivity contribution in [1.29, 1.82) is 0 Å². The number of rotatable bonds is 7. The number of fused-ring (bicyclic) bond motifs is 3. The molecule has 1 unspecified atom stereocenters. The zero-order valence-corrected chi connectivity index (χ0v) is 19.7. The first-order valence-electron chi connectivity index (χ1n) is 12.0. The molecular weight excluding hydrogens is 446 g/mol. The third-order valence-electron chi connectivity index (χ3n) is 7.51. The number of quaternary nitrogens is 1. The van der Waals surface area contributed by atoms with Crippen LogP contribution in [0.2, 0.25) is 0 Å². The van der Waals surface area contributed by atoms with Gasteiger partial charge >= 0.3 is 5.97 Å². The van der Waals surface area contributed by atoms with Gasteiger partial charge in [-0.3, -0.25) is 4.79 Å². The quantitative estimate of drug-likeness (QED) is 0.402. The van der Waals surface area contributed by atoms with Gasteiger partial charge in [-0.1, -0.05) is 59.8 Å². The van der Waals surface area contributed by atoms with E-state index in [1.54, 1.807) is 36.4 Å². The van der Waals surface area contributed by atoms with E-state index in [0.717, 1.165) is 31.5 Å². The lowest BCUT2D eigenvalue weighted by Crippen LogP contribution is -2.66. The number of aryl methyl sites for hydroxylation is 1. The molecule has 182 valence electrons. The molecule has 35 heavy (non-hydrogen) atoms. The van der Waals surface area contributed by atoms with Gasteiger partial charge in [0.15, 0.2) is 18.5 Å². The van der Waals surface area contributed by atoms with Crippen LogP contribution in [0.3, 0.4) is 0 Å². The number of nitrogens with zero attached hydrogens (tertiary/aromatic N) is 2. The Kier molecular flexibility index (Phi) is 6.17. The molecule has 3 saturated heterocycles. The molecule has 0 aliphatic carbocycles. The van der Waals surface area contributed by atoms with Crippen molar-refractivity contribution >= 4 is 17.7 Å². The lowest BCUT2D eigenvalue weighted by atomic mass is 9.81. The number of aliphatic hydroxyl groups is 1. The molecule has 3 fully saturated rings. The number of nitrogens with one attached hydrogen (secondary N) is 1. The van der Waals surface area contributed by atoms with Gasteiger partial charge in [0, 0.05) is 30.4 Å². The number of anilines is 1. The van der Waals surface area contributed by atoms with Crippen molar-refractivity contribution < 1.29 is 28.4 Å². The molecule has 3 aromatic rings. The topological polar surface area (TPSA) is 102 Å². The third kappa shape index (κ3) is 4.47. The summed E-state index contributed by atoms with van der Waals surface area (Å²) >= 11 is 0. The van der Waals surface area contributed by atoms with Gasteiger partial charge in [0.05, 0.1) is 13.1 Å². The number of carbonyl (C=O) groups is 2. The van der Waals surface area contributed by atoms with E-state index in [9.17, 15) is 14.7 Å². The van der Waals surface area contributed by atoms with Crippen molar-refractivity contribution in [1.82, 2.24) is 5.16 Å². The summed E-state index contributed by atoms with van der Waals surface area (Å²) < 4.78 is 11.4. The van der Waals surface area contributed by atoms with Crippen LogP contribution in [-0.2, 0) is 19.9 Å². The first-order chi connectivity index (χ1) is 16.9. The Balaban J connectivity index is 1.37. The van der Waals surface area contributed by atoms with Gasteiger partial charge in [-0.25, -0.2) is 4.79 Å². The summed E-state index contributed by atoms with van der Waals surface area (Å²) in [5.74, 6) is -0.226. The number of amides is 1. The lowest BCUT2D eigenvalue weighted by Gasteiger charge is -2.51. The Hall–Kier alpha value is -3.49. The lowest BCUT2D eigenvalue weighted by molar-refractivity contribution is -0.939. The average Bonchev–Trinajstić information content (AvgIpc) is 3.37. The largest absolute Gasteiger partial charge is 0.453 e. The molecular formula is C27H30N3O5+. The maximum absolute atomic E-state index is 13.7. The van der Waals surface area contributed by atoms with E-state index in [0.29, 0.717) is 28.0 Å². The number of hydrogen-bond donors (Lipinski definition) is 2. The summed E-state index contributed by atoms with van der Waals surface area (Å²) in [4.78, 5) is 26.4. The van der Waals surface area contributed by atoms with Gasteiger partial charge in [0.1, 0.15) is 12.8 Å². The van der Waals surface area contributed by atoms with Crippen LogP contribution in [0, 0.1) is 12.8 Å². The minimum absolute atomic E-state index is 0.148. The highest BCUT2D eigenvalue weighted by molar-refractivity contribution is 5.90. The van der Waals surface area contributed by atoms with Crippen LogP contribution in [0.15, 0.2) is 71.4 Å². The fourth-order valence-electron chi connectivity index (χ4n) is 5.61. The van der Waals surface area contributed by atoms with Crippen molar-refractivity contribution in [2.24, 2.45) is 5.92 Å². The number of benzene rings is 2. The molecule has 6 rings (SSSR count). The minimum atomic E-state index is -1.92. The Morgan fingerprint density at radius 2 is 1.83 bits per heavy atom. The van der Waals surface area contributed by atoms with Crippen LogP contribution in [0.4, 0.5) is 5.82 Å². The highest BCUT2D eigenvalue weighted by Crippen LogP contribution is 2.39. The van der Waals surface area contributed by atoms with Crippen LogP contribution in [0.1, 0.15) is 29.5 Å². The molecule has 8 nitrogen and oxygen atoms in total. The van der Waals surface area contributed by atoms with Crippen LogP contribution in [-0.4, -0.2) is 58.9 Å². The predicted octanol–water partition coefficient (Wildman–Crippen LogP) is 3.01. The number of esters is 1. The van der Waals surface area contributed by atoms with E-state index >= 15 is 0 Å². The standard InChI is InChI=1S/C27H29N3O5/c1-19-7-5-6-10-22(19)27(33,21-8-3-2-4-9-21)26(32)35-23-17-30(14-11-20(23)12-15-30)18-25(31)28-24-13-16-34-29-24/h2-10,13,16,20,23,33H,11-12,14-15,17-18H2,1H3/p+1/t20?,23-,27?,30?/m0/s1. The monoisotopic (exact) mass is 476 g/mol. The van der Waals surface area contributed by atoms with Gasteiger partial charge in [-0.2, -0.15) is 0 Å². The Morgan fingerprint density at radius 1 is 1.11 bits per heavy atom. The summed E-state index contributed by atoms with van der Waals surface area (Å²) in [7, 11) is 0. The fourth-order valence-corrected chi connectivity index (χ4v) is 5.61. The van der Waals surface area contributed by atoms with Gasteiger partial charge in [-0.15, -0.1) is 0 Å². The number of ether oxygens (including phenoxy) is 1. The Bertz CT molecular complexity index is 1190. The van der Waals surface area contributed by atoms with E-state index < -0.39 is 11.6 Å². The van der Waals surface area contributed by atoms with E-state index in [1.807, 2.05) is 31.2 Å². The molecule has 2 atom stereocenters. The van der Waals surface area contributed by atoms with E-state index in [2.05, 4.69) is 10.5 Å². The Morgan fingerprint density at radius 3 is 2.51 bits per heavy atom. The molecule has 0 radical (unpaired) electrons. The summed E-state index contributed by atoms with van der Waals surface area (Å²) in [6.45, 7) is 4.39. The van der Waals surface area contributed by atoms with Crippen LogP contribution >= 0.6 is 0 Å². The SMILES string of the molecule is Cc1ccccc1C(O)(C(=O)O[C@H]1C[N+]2(CC(=O)Nc3ccon3)CCC1CC2)c1ccccc1. The maximum atomic E-state index is 13.7. The van der Waals surface area contributed by atoms with Crippen LogP contribution < -0.4 is 5.32 Å². The van der Waals surface area contributed by atoms with E-state index in [1.165, 1.54) is 6.26 Å². The molecule has 3 aliphatic rings. The van der Waals surface area contributed by atoms with Crippen molar-refractivity contribution in [3.63, 3.8) is 0 Å². The molecule has 2 bridgehead atoms. The Labute approximate surface area is 204 Å². The van der Waals surface area contributed by atoms with Gasteiger partial charge in [0.25, 0.3) is 5.91 Å². The molecule has 0 spiro atoms. The number of carbonyl (C=O) groups excluding carboxylic acids is 2. The second-order valence-electron chi connectivity index (χ2n) is 9.73. The summed E-state index contributed by atoms with van der Waals surface area (Å²) in [5.41, 5.74) is -0.143. The van der Waals surface area contributed by atoms with Crippen molar-refractivity contribution in [3.05, 3.63) is 83.6 Å². The second-order valence-corrected chi connectivity index (χ2v) is 9.73. The number of hydrogen-bond acceptors (Lipinski definition) is 6. The van der Waals surface area contributed by atoms with Crippen LogP contribution in [0.5, 0.6) is 0 Å². The molecule has 3 aliphatic heterocycles. The van der Waals surface area contributed by atoms with Gasteiger partial charge in [-0.05, 0) is 18.1 Å². The normalized spacial score (nSPS) is 25.0. The molecule has 4 heterocycles. The van der Waals surface area contributed by atoms with Gasteiger partial charge in [0.2, 0.25) is 5.60 Å². The summed E-state index contributed by atoms with van der Waals surface area (Å²) in [6.07, 6.45) is 2.77. The molecule has 2 N–H and O–H groups in total. The highest BCUT2D eigenvalue weighted by atomic mass is 16.6. The van der Waals surface area contributed by atoms with Gasteiger partial charge < -0.3 is 24.2 Å². The van der Waals surface area contributed by atoms with Crippen molar-refractivity contribution in [2.45, 2.75) is 31.5 Å². The van der Waals surface area contributed by atoms with E-state index in [-0.39, 0.29) is 24.5 Å². The zero-order valence-electron chi connectivity index (χ0n) is 19.7. The highest BCUT2D eigenvalue weighted by Gasteiger charge is 2.51. The second kappa shape index (κ2) is 9.28. The predicted molar refractivity (Wildman–Crippen MR) is 128 cm³/mol. The first-order valence-corrected chi connectivity index (χ1v) is 12.0. The summed E-state index contributed by atoms with van der Waals surface area (Å²) in [5, 5.41) is 18.4. The zero-order chi connectivity index (χ0) is 24.5. The smallest absolute Gasteiger partial charge is 0.348 e. The third-order valence-corrected chi connectivity index (χ3v) is 7.51. The molecule has 1 amide bonds. The maximum Gasteiger partial charge on any atom is 0.348 e. The molecule has 0 saturated carbocycles. The molecule has 8 heteroatoms. The minimum Gasteiger partial charge on any atom is -0.453 e. The number of aromatic nitrogens is 1. The van der Waals surface area contributed by atoms with E-state index in [4.69, 9.17) is 9.26 Å². The molecule has 2 aromatic carbocycles. The first kappa shape index (κ1) is 23.3. The van der Waals surface area contributed by atoms with Crippen molar-refractivity contribution in [2.75, 3.05) is 31.5 Å². The van der Waals surface area contributed by atoms with Crippen molar-refractivity contribution in [3.8, 4) is 0 Å². The summed E-state index contributed by atoms with van der Waals surface area (Å²) in [6, 6.07) is 17.9. The van der Waals surface area contributed by atoms with Crippen LogP contribution in [0.25, 0.3) is 0 Å². The number of piperidine rings is 3. The average molecular weight is 477 g/mol. The fraction of sp³-hybridized carbons (Fsp3) is 0.370.